The molecule has 5 rings (SSSR count). The molecule has 146 valence electrons. The van der Waals surface area contributed by atoms with Gasteiger partial charge < -0.3 is 15.4 Å². The lowest BCUT2D eigenvalue weighted by atomic mass is 10.1. The van der Waals surface area contributed by atoms with E-state index in [1.54, 1.807) is 22.9 Å². The average molecular weight is 388 g/mol. The van der Waals surface area contributed by atoms with Crippen LogP contribution in [0, 0.1) is 6.92 Å². The van der Waals surface area contributed by atoms with E-state index in [0.717, 1.165) is 29.8 Å². The highest BCUT2D eigenvalue weighted by Gasteiger charge is 2.31. The second kappa shape index (κ2) is 6.77. The first kappa shape index (κ1) is 17.5. The minimum atomic E-state index is -0.305. The molecule has 3 aromatic rings. The zero-order valence-corrected chi connectivity index (χ0v) is 15.9. The molecule has 1 aromatic heterocycles. The largest absolute Gasteiger partial charge is 0.481 e. The van der Waals surface area contributed by atoms with E-state index < -0.39 is 0 Å². The first-order valence-corrected chi connectivity index (χ1v) is 9.64. The Kier molecular flexibility index (Phi) is 4.08. The van der Waals surface area contributed by atoms with Gasteiger partial charge in [0.25, 0.3) is 11.8 Å². The molecule has 2 amide bonds. The fraction of sp³-hybridized carbons (Fsp3) is 0.227. The van der Waals surface area contributed by atoms with Crippen molar-refractivity contribution >= 4 is 23.3 Å². The molecule has 0 atom stereocenters. The number of para-hydroxylation sites is 2. The van der Waals surface area contributed by atoms with E-state index in [2.05, 4.69) is 10.6 Å². The number of ether oxygens (including phenoxy) is 1. The van der Waals surface area contributed by atoms with Crippen molar-refractivity contribution in [2.75, 3.05) is 17.2 Å². The Morgan fingerprint density at radius 1 is 1.17 bits per heavy atom. The van der Waals surface area contributed by atoms with Gasteiger partial charge in [-0.05, 0) is 44.0 Å². The first-order valence-electron chi connectivity index (χ1n) is 9.64. The summed E-state index contributed by atoms with van der Waals surface area (Å²) in [5, 5.41) is 10.6. The van der Waals surface area contributed by atoms with E-state index in [9.17, 15) is 9.59 Å². The number of aromatic nitrogens is 2. The van der Waals surface area contributed by atoms with Crippen molar-refractivity contribution in [2.24, 2.45) is 0 Å². The molecule has 0 radical (unpaired) electrons. The van der Waals surface area contributed by atoms with Crippen LogP contribution in [0.5, 0.6) is 5.75 Å². The summed E-state index contributed by atoms with van der Waals surface area (Å²) < 4.78 is 7.32. The highest BCUT2D eigenvalue weighted by atomic mass is 16.5. The van der Waals surface area contributed by atoms with E-state index in [0.29, 0.717) is 28.7 Å². The first-order chi connectivity index (χ1) is 14.1. The van der Waals surface area contributed by atoms with Crippen molar-refractivity contribution < 1.29 is 14.3 Å². The molecule has 0 spiro atoms. The molecule has 2 aromatic carbocycles. The van der Waals surface area contributed by atoms with Crippen molar-refractivity contribution in [3.8, 4) is 11.4 Å². The Balaban J connectivity index is 1.53. The van der Waals surface area contributed by atoms with Crippen molar-refractivity contribution in [2.45, 2.75) is 25.7 Å². The summed E-state index contributed by atoms with van der Waals surface area (Å²) in [5.41, 5.74) is 3.76. The van der Waals surface area contributed by atoms with Crippen LogP contribution in [0.1, 0.15) is 40.4 Å². The van der Waals surface area contributed by atoms with E-state index in [4.69, 9.17) is 9.84 Å². The topological polar surface area (TPSA) is 85.2 Å². The van der Waals surface area contributed by atoms with Crippen LogP contribution in [0.25, 0.3) is 5.69 Å². The van der Waals surface area contributed by atoms with Crippen molar-refractivity contribution in [3.63, 3.8) is 0 Å². The van der Waals surface area contributed by atoms with Gasteiger partial charge in [-0.3, -0.25) is 9.59 Å². The Hall–Kier alpha value is -3.61. The number of nitrogens with zero attached hydrogens (tertiary/aromatic N) is 2. The predicted molar refractivity (Wildman–Crippen MR) is 109 cm³/mol. The summed E-state index contributed by atoms with van der Waals surface area (Å²) in [7, 11) is 0. The van der Waals surface area contributed by atoms with Crippen LogP contribution in [0.3, 0.4) is 0 Å². The standard InChI is InChI=1S/C22H20N4O3/c1-13-19(14-10-11-14)25-26(15-6-3-2-4-7-15)21(13)24-22(28)16-8-5-9-17-20(16)29-12-18(27)23-17/h2-9,14H,10-12H2,1H3,(H,23,27)(H,24,28). The molecule has 1 aliphatic heterocycles. The van der Waals surface area contributed by atoms with Gasteiger partial charge >= 0.3 is 0 Å². The Bertz CT molecular complexity index is 1120. The zero-order chi connectivity index (χ0) is 20.0. The van der Waals surface area contributed by atoms with E-state index in [1.165, 1.54) is 0 Å². The van der Waals surface area contributed by atoms with Gasteiger partial charge in [0, 0.05) is 11.5 Å². The highest BCUT2D eigenvalue weighted by molar-refractivity contribution is 6.09. The minimum Gasteiger partial charge on any atom is -0.481 e. The number of carbonyl (C=O) groups excluding carboxylic acids is 2. The van der Waals surface area contributed by atoms with Gasteiger partial charge in [-0.2, -0.15) is 5.10 Å². The molecule has 7 nitrogen and oxygen atoms in total. The maximum atomic E-state index is 13.2. The molecule has 2 N–H and O–H groups in total. The van der Waals surface area contributed by atoms with Gasteiger partial charge in [0.2, 0.25) is 0 Å². The van der Waals surface area contributed by atoms with Crippen LogP contribution in [-0.2, 0) is 4.79 Å². The summed E-state index contributed by atoms with van der Waals surface area (Å²) >= 11 is 0. The monoisotopic (exact) mass is 388 g/mol. The van der Waals surface area contributed by atoms with E-state index >= 15 is 0 Å². The molecule has 7 heteroatoms. The van der Waals surface area contributed by atoms with Crippen molar-refractivity contribution in [1.82, 2.24) is 9.78 Å². The van der Waals surface area contributed by atoms with Crippen molar-refractivity contribution in [3.05, 3.63) is 65.4 Å². The molecule has 2 aliphatic rings. The Labute approximate surface area is 167 Å². The van der Waals surface area contributed by atoms with Gasteiger partial charge in [0.1, 0.15) is 5.82 Å². The third kappa shape index (κ3) is 3.14. The van der Waals surface area contributed by atoms with Crippen LogP contribution in [-0.4, -0.2) is 28.2 Å². The van der Waals surface area contributed by atoms with Crippen LogP contribution in [0.4, 0.5) is 11.5 Å². The van der Waals surface area contributed by atoms with Crippen LogP contribution < -0.4 is 15.4 Å². The number of amides is 2. The fourth-order valence-electron chi connectivity index (χ4n) is 3.63. The summed E-state index contributed by atoms with van der Waals surface area (Å²) in [6.07, 6.45) is 2.25. The molecule has 0 saturated heterocycles. The number of hydrogen-bond acceptors (Lipinski definition) is 4. The number of carbonyl (C=O) groups is 2. The van der Waals surface area contributed by atoms with E-state index in [1.807, 2.05) is 37.3 Å². The number of benzene rings is 2. The number of anilines is 2. The number of hydrogen-bond donors (Lipinski definition) is 2. The van der Waals surface area contributed by atoms with Gasteiger partial charge in [0.05, 0.1) is 22.6 Å². The maximum absolute atomic E-state index is 13.2. The quantitative estimate of drug-likeness (QED) is 0.715. The highest BCUT2D eigenvalue weighted by Crippen LogP contribution is 2.43. The third-order valence-corrected chi connectivity index (χ3v) is 5.24. The fourth-order valence-corrected chi connectivity index (χ4v) is 3.63. The summed E-state index contributed by atoms with van der Waals surface area (Å²) in [6.45, 7) is 1.89. The summed E-state index contributed by atoms with van der Waals surface area (Å²) in [6, 6.07) is 14.9. The van der Waals surface area contributed by atoms with Crippen LogP contribution in [0.2, 0.25) is 0 Å². The SMILES string of the molecule is Cc1c(C2CC2)nn(-c2ccccc2)c1NC(=O)c1cccc2c1OCC(=O)N2. The molecule has 29 heavy (non-hydrogen) atoms. The van der Waals surface area contributed by atoms with Crippen LogP contribution in [0.15, 0.2) is 48.5 Å². The second-order valence-corrected chi connectivity index (χ2v) is 7.35. The Morgan fingerprint density at radius 3 is 2.72 bits per heavy atom. The smallest absolute Gasteiger partial charge is 0.262 e. The summed E-state index contributed by atoms with van der Waals surface area (Å²) in [5.74, 6) is 0.956. The molecule has 2 heterocycles. The lowest BCUT2D eigenvalue weighted by molar-refractivity contribution is -0.118. The molecular weight excluding hydrogens is 368 g/mol. The maximum Gasteiger partial charge on any atom is 0.262 e. The minimum absolute atomic E-state index is 0.107. The average Bonchev–Trinajstić information content (AvgIpc) is 3.53. The van der Waals surface area contributed by atoms with Gasteiger partial charge in [-0.1, -0.05) is 24.3 Å². The molecule has 1 saturated carbocycles. The molecular formula is C22H20N4O3. The Morgan fingerprint density at radius 2 is 1.97 bits per heavy atom. The predicted octanol–water partition coefficient (Wildman–Crippen LogP) is 3.64. The van der Waals surface area contributed by atoms with Gasteiger partial charge in [-0.15, -0.1) is 0 Å². The molecule has 0 unspecified atom stereocenters. The second-order valence-electron chi connectivity index (χ2n) is 7.35. The number of rotatable bonds is 4. The molecule has 1 aliphatic carbocycles. The van der Waals surface area contributed by atoms with Gasteiger partial charge in [0.15, 0.2) is 12.4 Å². The molecule has 1 fully saturated rings. The normalized spacial score (nSPS) is 15.3. The van der Waals surface area contributed by atoms with Crippen LogP contribution >= 0.6 is 0 Å². The number of nitrogens with one attached hydrogen (secondary N) is 2. The summed E-state index contributed by atoms with van der Waals surface area (Å²) in [4.78, 5) is 24.7. The van der Waals surface area contributed by atoms with Gasteiger partial charge in [-0.25, -0.2) is 4.68 Å². The lowest BCUT2D eigenvalue weighted by Crippen LogP contribution is -2.27. The zero-order valence-electron chi connectivity index (χ0n) is 15.9. The number of fused-ring (bicyclic) bond motifs is 1. The lowest BCUT2D eigenvalue weighted by Gasteiger charge is -2.20. The van der Waals surface area contributed by atoms with Crippen molar-refractivity contribution in [1.29, 1.82) is 0 Å². The third-order valence-electron chi connectivity index (χ3n) is 5.24. The molecule has 0 bridgehead atoms. The van der Waals surface area contributed by atoms with E-state index in [-0.39, 0.29) is 18.4 Å².